The summed E-state index contributed by atoms with van der Waals surface area (Å²) in [6, 6.07) is 1.34. The molecule has 1 fully saturated rings. The lowest BCUT2D eigenvalue weighted by Crippen LogP contribution is -2.53. The zero-order valence-electron chi connectivity index (χ0n) is 11.6. The van der Waals surface area contributed by atoms with E-state index in [4.69, 9.17) is 0 Å². The van der Waals surface area contributed by atoms with E-state index in [9.17, 15) is 19.5 Å². The standard InChI is InChI=1S/C14H18N2O4/c1-3-14(13(19)20)5-4-6-16(14)12(18)10-8-15-9(2)7-11(10)17/h7-8H,3-6H2,1-2H3,(H,15,17)(H,19,20). The molecule has 1 unspecified atom stereocenters. The number of H-pyrrole nitrogens is 1. The summed E-state index contributed by atoms with van der Waals surface area (Å²) >= 11 is 0. The molecule has 0 bridgehead atoms. The second-order valence-electron chi connectivity index (χ2n) is 5.14. The van der Waals surface area contributed by atoms with Crippen LogP contribution in [0, 0.1) is 6.92 Å². The van der Waals surface area contributed by atoms with E-state index >= 15 is 0 Å². The van der Waals surface area contributed by atoms with Crippen molar-refractivity contribution >= 4 is 11.9 Å². The van der Waals surface area contributed by atoms with Crippen LogP contribution in [0.25, 0.3) is 0 Å². The number of aromatic amines is 1. The van der Waals surface area contributed by atoms with Crippen molar-refractivity contribution in [3.63, 3.8) is 0 Å². The average Bonchev–Trinajstić information content (AvgIpc) is 2.83. The molecule has 0 aliphatic carbocycles. The van der Waals surface area contributed by atoms with Crippen molar-refractivity contribution in [2.45, 2.75) is 38.6 Å². The highest BCUT2D eigenvalue weighted by Gasteiger charge is 2.48. The molecule has 1 saturated heterocycles. The molecule has 2 rings (SSSR count). The van der Waals surface area contributed by atoms with E-state index in [2.05, 4.69) is 4.98 Å². The van der Waals surface area contributed by atoms with Crippen LogP contribution in [-0.2, 0) is 4.79 Å². The molecule has 1 aliphatic heterocycles. The Labute approximate surface area is 116 Å². The maximum absolute atomic E-state index is 12.5. The Morgan fingerprint density at radius 2 is 2.20 bits per heavy atom. The highest BCUT2D eigenvalue weighted by molar-refractivity contribution is 5.98. The second-order valence-corrected chi connectivity index (χ2v) is 5.14. The number of aryl methyl sites for hydroxylation is 1. The quantitative estimate of drug-likeness (QED) is 0.867. The Balaban J connectivity index is 2.42. The van der Waals surface area contributed by atoms with Crippen molar-refractivity contribution < 1.29 is 14.7 Å². The molecular formula is C14H18N2O4. The molecule has 1 aliphatic rings. The zero-order valence-corrected chi connectivity index (χ0v) is 11.6. The Kier molecular flexibility index (Phi) is 3.65. The molecule has 108 valence electrons. The van der Waals surface area contributed by atoms with Crippen LogP contribution in [0.2, 0.25) is 0 Å². The van der Waals surface area contributed by atoms with Gasteiger partial charge in [-0.1, -0.05) is 6.92 Å². The highest BCUT2D eigenvalue weighted by atomic mass is 16.4. The van der Waals surface area contributed by atoms with E-state index in [-0.39, 0.29) is 11.0 Å². The summed E-state index contributed by atoms with van der Waals surface area (Å²) in [5.41, 5.74) is -0.910. The van der Waals surface area contributed by atoms with Gasteiger partial charge in [-0.25, -0.2) is 4.79 Å². The van der Waals surface area contributed by atoms with Crippen LogP contribution >= 0.6 is 0 Å². The first kappa shape index (κ1) is 14.3. The lowest BCUT2D eigenvalue weighted by atomic mass is 9.92. The molecule has 0 aromatic carbocycles. The molecule has 0 spiro atoms. The Bertz CT molecular complexity index is 607. The van der Waals surface area contributed by atoms with E-state index in [1.165, 1.54) is 17.2 Å². The topological polar surface area (TPSA) is 90.5 Å². The largest absolute Gasteiger partial charge is 0.479 e. The summed E-state index contributed by atoms with van der Waals surface area (Å²) in [4.78, 5) is 40.1. The lowest BCUT2D eigenvalue weighted by molar-refractivity contribution is -0.148. The van der Waals surface area contributed by atoms with Gasteiger partial charge in [0.15, 0.2) is 5.43 Å². The van der Waals surface area contributed by atoms with Gasteiger partial charge < -0.3 is 15.0 Å². The predicted octanol–water partition coefficient (Wildman–Crippen LogP) is 1.15. The minimum Gasteiger partial charge on any atom is -0.479 e. The third-order valence-electron chi connectivity index (χ3n) is 4.00. The molecule has 1 aromatic rings. The van der Waals surface area contributed by atoms with Crippen LogP contribution in [0.3, 0.4) is 0 Å². The molecule has 2 heterocycles. The molecule has 0 saturated carbocycles. The van der Waals surface area contributed by atoms with Crippen LogP contribution in [0.15, 0.2) is 17.1 Å². The highest BCUT2D eigenvalue weighted by Crippen LogP contribution is 2.33. The first-order chi connectivity index (χ1) is 9.42. The Hall–Kier alpha value is -2.11. The molecular weight excluding hydrogens is 260 g/mol. The van der Waals surface area contributed by atoms with Crippen LogP contribution < -0.4 is 5.43 Å². The first-order valence-corrected chi connectivity index (χ1v) is 6.67. The van der Waals surface area contributed by atoms with Crippen molar-refractivity contribution in [3.05, 3.63) is 33.7 Å². The van der Waals surface area contributed by atoms with Gasteiger partial charge in [-0.15, -0.1) is 0 Å². The number of aromatic nitrogens is 1. The number of pyridine rings is 1. The number of hydrogen-bond acceptors (Lipinski definition) is 3. The minimum atomic E-state index is -1.19. The summed E-state index contributed by atoms with van der Waals surface area (Å²) in [6.07, 6.45) is 2.75. The number of nitrogens with one attached hydrogen (secondary N) is 1. The maximum Gasteiger partial charge on any atom is 0.329 e. The SMILES string of the molecule is CCC1(C(=O)O)CCCN1C(=O)c1c[nH]c(C)cc1=O. The number of rotatable bonds is 3. The van der Waals surface area contributed by atoms with Gasteiger partial charge in [0.2, 0.25) is 0 Å². The molecule has 1 atom stereocenters. The molecule has 1 aromatic heterocycles. The zero-order chi connectivity index (χ0) is 14.9. The van der Waals surface area contributed by atoms with Gasteiger partial charge in [-0.05, 0) is 26.2 Å². The fourth-order valence-corrected chi connectivity index (χ4v) is 2.80. The molecule has 2 N–H and O–H groups in total. The summed E-state index contributed by atoms with van der Waals surface area (Å²) in [5, 5.41) is 9.46. The first-order valence-electron chi connectivity index (χ1n) is 6.67. The number of aliphatic carboxylic acids is 1. The number of amides is 1. The minimum absolute atomic E-state index is 0.00317. The van der Waals surface area contributed by atoms with Gasteiger partial charge in [-0.2, -0.15) is 0 Å². The summed E-state index contributed by atoms with van der Waals surface area (Å²) < 4.78 is 0. The van der Waals surface area contributed by atoms with Crippen molar-refractivity contribution in [1.29, 1.82) is 0 Å². The lowest BCUT2D eigenvalue weighted by Gasteiger charge is -2.33. The van der Waals surface area contributed by atoms with Crippen LogP contribution in [-0.4, -0.2) is 39.0 Å². The third kappa shape index (κ3) is 2.11. The van der Waals surface area contributed by atoms with Gasteiger partial charge in [-0.3, -0.25) is 9.59 Å². The van der Waals surface area contributed by atoms with E-state index in [1.807, 2.05) is 0 Å². The predicted molar refractivity (Wildman–Crippen MR) is 72.7 cm³/mol. The smallest absolute Gasteiger partial charge is 0.329 e. The fraction of sp³-hybridized carbons (Fsp3) is 0.500. The third-order valence-corrected chi connectivity index (χ3v) is 4.00. The Morgan fingerprint density at radius 1 is 1.50 bits per heavy atom. The Morgan fingerprint density at radius 3 is 2.75 bits per heavy atom. The van der Waals surface area contributed by atoms with Gasteiger partial charge in [0.05, 0.1) is 0 Å². The van der Waals surface area contributed by atoms with Crippen molar-refractivity contribution in [2.24, 2.45) is 0 Å². The van der Waals surface area contributed by atoms with Crippen LogP contribution in [0.4, 0.5) is 0 Å². The normalized spacial score (nSPS) is 22.0. The van der Waals surface area contributed by atoms with Gasteiger partial charge in [0, 0.05) is 24.5 Å². The van der Waals surface area contributed by atoms with Crippen LogP contribution in [0.5, 0.6) is 0 Å². The fourth-order valence-electron chi connectivity index (χ4n) is 2.80. The van der Waals surface area contributed by atoms with E-state index < -0.39 is 17.4 Å². The molecule has 20 heavy (non-hydrogen) atoms. The number of nitrogens with zero attached hydrogens (tertiary/aromatic N) is 1. The molecule has 6 nitrogen and oxygen atoms in total. The monoisotopic (exact) mass is 278 g/mol. The van der Waals surface area contributed by atoms with E-state index in [0.717, 1.165) is 0 Å². The summed E-state index contributed by atoms with van der Waals surface area (Å²) in [6.45, 7) is 3.84. The number of carbonyl (C=O) groups excluding carboxylic acids is 1. The average molecular weight is 278 g/mol. The summed E-state index contributed by atoms with van der Waals surface area (Å²) in [7, 11) is 0. The van der Waals surface area contributed by atoms with Crippen molar-refractivity contribution in [2.75, 3.05) is 6.54 Å². The van der Waals surface area contributed by atoms with Gasteiger partial charge in [0.1, 0.15) is 11.1 Å². The number of carbonyl (C=O) groups is 2. The van der Waals surface area contributed by atoms with Gasteiger partial charge in [0.25, 0.3) is 5.91 Å². The number of hydrogen-bond donors (Lipinski definition) is 2. The molecule has 0 radical (unpaired) electrons. The van der Waals surface area contributed by atoms with E-state index in [0.29, 0.717) is 31.5 Å². The van der Waals surface area contributed by atoms with Crippen LogP contribution in [0.1, 0.15) is 42.2 Å². The van der Waals surface area contributed by atoms with Crippen molar-refractivity contribution in [3.8, 4) is 0 Å². The maximum atomic E-state index is 12.5. The molecule has 1 amide bonds. The molecule has 6 heteroatoms. The number of carboxylic acids is 1. The second kappa shape index (κ2) is 5.11. The van der Waals surface area contributed by atoms with E-state index in [1.54, 1.807) is 13.8 Å². The number of carboxylic acid groups (broad SMARTS) is 1. The number of likely N-dealkylation sites (tertiary alicyclic amines) is 1. The van der Waals surface area contributed by atoms with Crippen molar-refractivity contribution in [1.82, 2.24) is 9.88 Å². The van der Waals surface area contributed by atoms with Gasteiger partial charge >= 0.3 is 5.97 Å². The summed E-state index contributed by atoms with van der Waals surface area (Å²) in [5.74, 6) is -1.51.